The van der Waals surface area contributed by atoms with Crippen LogP contribution in [0.4, 0.5) is 0 Å². The SMILES string of the molecule is C=C(CCC=O)[C@@H]1[C@H](C)C(=O)C(OP(P(P)P)P(PP)P(P)P)=C2C(C)[C@@H](OP(P(P)P(P)P)P(P(P)P)P(P)P)CC([C@H]1OPP)C2(C)C. The Morgan fingerprint density at radius 3 is 1.92 bits per heavy atom. The van der Waals surface area contributed by atoms with E-state index in [2.05, 4.69) is 143 Å². The molecule has 0 N–H and O–H groups in total. The van der Waals surface area contributed by atoms with Crippen molar-refractivity contribution in [3.8, 4) is 0 Å². The molecular weight excluding hydrogens is 1090 g/mol. The van der Waals surface area contributed by atoms with Crippen molar-refractivity contribution in [3.63, 3.8) is 0 Å². The summed E-state index contributed by atoms with van der Waals surface area (Å²) in [5.74, 6) is 0.0247. The van der Waals surface area contributed by atoms with E-state index in [1.54, 1.807) is 0 Å². The van der Waals surface area contributed by atoms with Crippen LogP contribution in [-0.2, 0) is 23.2 Å². The lowest BCUT2D eigenvalue weighted by Gasteiger charge is -2.55. The normalized spacial score (nSPS) is 28.8. The highest BCUT2D eigenvalue weighted by molar-refractivity contribution is 9.19. The molecule has 2 rings (SSSR count). The van der Waals surface area contributed by atoms with Gasteiger partial charge in [-0.05, 0) is 57.7 Å². The second-order valence-electron chi connectivity index (χ2n) is 12.0. The number of fused-ring (bicyclic) bond motifs is 2. The third kappa shape index (κ3) is 14.9. The van der Waals surface area contributed by atoms with Crippen molar-refractivity contribution in [2.24, 2.45) is 29.1 Å². The number of aldehydes is 1. The van der Waals surface area contributed by atoms with Gasteiger partial charge < -0.3 is 18.4 Å². The molecule has 0 spiro atoms. The molecule has 2 aliphatic rings. The van der Waals surface area contributed by atoms with Crippen molar-refractivity contribution >= 4 is 216 Å². The molecule has 290 valence electrons. The van der Waals surface area contributed by atoms with Gasteiger partial charge in [0.2, 0.25) is 5.78 Å². The van der Waals surface area contributed by atoms with Gasteiger partial charge in [0.15, 0.2) is 13.3 Å². The van der Waals surface area contributed by atoms with Gasteiger partial charge in [0, 0.05) is 60.6 Å². The topological polar surface area (TPSA) is 61.8 Å². The minimum atomic E-state index is -0.918. The maximum atomic E-state index is 15.2. The third-order valence-electron chi connectivity index (χ3n) is 8.62. The molecule has 0 heterocycles. The van der Waals surface area contributed by atoms with E-state index >= 15 is 4.79 Å². The second-order valence-corrected chi connectivity index (χ2v) is 96.4. The number of rotatable bonds is 19. The minimum absolute atomic E-state index is 0.00686. The van der Waals surface area contributed by atoms with Gasteiger partial charge >= 0.3 is 0 Å². The Hall–Kier alpha value is 9.29. The maximum absolute atomic E-state index is 15.2. The van der Waals surface area contributed by atoms with Crippen molar-refractivity contribution in [1.82, 2.24) is 0 Å². The first-order valence-corrected chi connectivity index (χ1v) is 57.8. The molecule has 0 radical (unpaired) electrons. The lowest BCUT2D eigenvalue weighted by molar-refractivity contribution is -0.126. The first kappa shape index (κ1) is 55.4. The number of carbonyl (C=O) groups is 2. The van der Waals surface area contributed by atoms with Crippen LogP contribution in [0, 0.1) is 29.1 Å². The summed E-state index contributed by atoms with van der Waals surface area (Å²) in [4.78, 5) is 26.8. The standard InChI is InChI=1S/C20H55O5P25/c1-10(7-6-8-21)15-12(3)17(22)19(25-41(43(28)29)49(40-27)45(32)33)16-11(2)14(9-13(20(16,4)5)18(15)23-39-26)24-42(48(38)44(30)31)50(46(34)35)47(36)37/h8,11-15,18,39-40H,1,6-7,9,26-38H2,2-5H3/t11?,12-,13?,14-,15+,18+,41?,42?,48?,49?/m0/s1. The highest BCUT2D eigenvalue weighted by atomic mass is 33.2. The summed E-state index contributed by atoms with van der Waals surface area (Å²) in [6.07, 6.45) is 2.37. The van der Waals surface area contributed by atoms with E-state index < -0.39 is 54.3 Å². The average Bonchev–Trinajstić information content (AvgIpc) is 3.01. The lowest BCUT2D eigenvalue weighted by atomic mass is 9.54. The van der Waals surface area contributed by atoms with Gasteiger partial charge in [0.05, 0.1) is 19.7 Å². The summed E-state index contributed by atoms with van der Waals surface area (Å²) in [6.45, 7) is 10.1. The quantitative estimate of drug-likeness (QED) is 0.0733. The highest BCUT2D eigenvalue weighted by Gasteiger charge is 2.57. The Labute approximate surface area is 347 Å². The molecule has 0 aromatic rings. The van der Waals surface area contributed by atoms with Crippen molar-refractivity contribution < 1.29 is 23.2 Å². The zero-order valence-corrected chi connectivity index (χ0v) is 54.3. The van der Waals surface area contributed by atoms with E-state index in [1.165, 1.54) is 0 Å². The summed E-state index contributed by atoms with van der Waals surface area (Å²) in [5, 5.41) is 0. The Kier molecular flexibility index (Phi) is 29.8. The van der Waals surface area contributed by atoms with Gasteiger partial charge in [-0.3, -0.25) is 4.79 Å². The van der Waals surface area contributed by atoms with E-state index in [-0.39, 0.29) is 72.2 Å². The molecule has 0 amide bonds. The molecule has 2 bridgehead atoms. The summed E-state index contributed by atoms with van der Waals surface area (Å²) < 4.78 is 21.8. The van der Waals surface area contributed by atoms with Gasteiger partial charge in [-0.25, -0.2) is 0 Å². The van der Waals surface area contributed by atoms with Crippen LogP contribution in [0.2, 0.25) is 0 Å². The number of Topliss-reactive ketones (excluding diaryl/α,β-unsaturated/α-hetero) is 1. The molecule has 0 saturated heterocycles. The molecule has 50 heavy (non-hydrogen) atoms. The largest absolute Gasteiger partial charge is 0.460 e. The fraction of sp³-hybridized carbons (Fsp3) is 0.700. The molecule has 2 aliphatic carbocycles. The lowest BCUT2D eigenvalue weighted by Crippen LogP contribution is -2.53. The Morgan fingerprint density at radius 1 is 0.900 bits per heavy atom. The average molecular weight is 1150 g/mol. The zero-order chi connectivity index (χ0) is 38.4. The van der Waals surface area contributed by atoms with E-state index in [0.29, 0.717) is 26.6 Å². The van der Waals surface area contributed by atoms with Crippen LogP contribution in [0.15, 0.2) is 23.5 Å². The smallest absolute Gasteiger partial charge is 0.201 e. The first-order valence-electron chi connectivity index (χ1n) is 14.8. The van der Waals surface area contributed by atoms with Crippen LogP contribution in [0.25, 0.3) is 0 Å². The molecule has 0 aliphatic heterocycles. The zero-order valence-electron chi connectivity index (χ0n) is 28.4. The summed E-state index contributed by atoms with van der Waals surface area (Å²) in [5.41, 5.74) is 1.62. The van der Waals surface area contributed by atoms with Crippen molar-refractivity contribution in [2.75, 3.05) is 0 Å². The summed E-state index contributed by atoms with van der Waals surface area (Å²) in [6, 6.07) is 0. The Morgan fingerprint density at radius 2 is 1.48 bits per heavy atom. The molecular formula is C20H55O5P25. The molecule has 5 nitrogen and oxygen atoms in total. The number of hydrogen-bond donors (Lipinski definition) is 0. The molecule has 21 unspecified atom stereocenters. The van der Waals surface area contributed by atoms with Crippen LogP contribution in [0.3, 0.4) is 0 Å². The first-order chi connectivity index (χ1) is 23.2. The van der Waals surface area contributed by atoms with Gasteiger partial charge in [0.25, 0.3) is 0 Å². The predicted octanol–water partition coefficient (Wildman–Crippen LogP) is 17.5. The maximum Gasteiger partial charge on any atom is 0.201 e. The number of hydrogen-bond acceptors (Lipinski definition) is 5. The molecule has 0 aromatic heterocycles. The van der Waals surface area contributed by atoms with Gasteiger partial charge in [-0.15, -0.1) is 80.4 Å². The molecule has 25 atom stereocenters. The van der Waals surface area contributed by atoms with Crippen LogP contribution in [-0.4, -0.2) is 24.3 Å². The van der Waals surface area contributed by atoms with E-state index in [4.69, 9.17) is 13.6 Å². The Balaban J connectivity index is 3.01. The summed E-state index contributed by atoms with van der Waals surface area (Å²) >= 11 is 0. The molecule has 1 fully saturated rings. The van der Waals surface area contributed by atoms with E-state index in [9.17, 15) is 4.79 Å². The summed E-state index contributed by atoms with van der Waals surface area (Å²) in [7, 11) is 39.0. The van der Waals surface area contributed by atoms with Crippen molar-refractivity contribution in [3.05, 3.63) is 23.5 Å². The van der Waals surface area contributed by atoms with E-state index in [1.807, 2.05) is 6.92 Å². The second kappa shape index (κ2) is 26.9. The molecule has 30 heteroatoms. The van der Waals surface area contributed by atoms with E-state index in [0.717, 1.165) is 23.9 Å². The van der Waals surface area contributed by atoms with Gasteiger partial charge in [0.1, 0.15) is 6.29 Å². The van der Waals surface area contributed by atoms with Crippen LogP contribution in [0.1, 0.15) is 47.0 Å². The van der Waals surface area contributed by atoms with Crippen molar-refractivity contribution in [1.29, 1.82) is 0 Å². The predicted molar refractivity (Wildman–Crippen MR) is 303 cm³/mol. The minimum Gasteiger partial charge on any atom is -0.460 e. The monoisotopic (exact) mass is 1150 g/mol. The van der Waals surface area contributed by atoms with Crippen LogP contribution < -0.4 is 0 Å². The molecule has 0 aromatic carbocycles. The molecule has 1 saturated carbocycles. The van der Waals surface area contributed by atoms with Crippen molar-refractivity contribution in [2.45, 2.75) is 59.2 Å². The third-order valence-corrected chi connectivity index (χ3v) is 127. The number of allylic oxidation sites excluding steroid dienone is 1. The fourth-order valence-electron chi connectivity index (χ4n) is 6.41. The Bertz CT molecular complexity index is 1160. The van der Waals surface area contributed by atoms with Crippen LogP contribution in [0.5, 0.6) is 0 Å². The number of ketones is 1. The highest BCUT2D eigenvalue weighted by Crippen LogP contribution is 3.18. The van der Waals surface area contributed by atoms with Gasteiger partial charge in [-0.1, -0.05) is 83.5 Å². The number of carbonyl (C=O) groups excluding carboxylic acids is 2. The van der Waals surface area contributed by atoms with Gasteiger partial charge in [-0.2, -0.15) is 0 Å². The van der Waals surface area contributed by atoms with Crippen LogP contribution >= 0.6 is 203 Å². The fourth-order valence-corrected chi connectivity index (χ4v) is 169.